The molecule has 0 unspecified atom stereocenters. The minimum Gasteiger partial charge on any atom is -0.476 e. The van der Waals surface area contributed by atoms with Crippen LogP contribution in [0, 0.1) is 23.1 Å². The minimum atomic E-state index is -1.27. The number of anilines is 1. The Kier molecular flexibility index (Phi) is 8.10. The van der Waals surface area contributed by atoms with Gasteiger partial charge in [0.2, 0.25) is 5.13 Å². The number of carbonyl (C=O) groups is 1. The highest BCUT2D eigenvalue weighted by atomic mass is 32.2. The molecule has 1 fully saturated rings. The van der Waals surface area contributed by atoms with Gasteiger partial charge >= 0.3 is 5.97 Å². The van der Waals surface area contributed by atoms with E-state index >= 15 is 0 Å². The summed E-state index contributed by atoms with van der Waals surface area (Å²) in [5.41, 5.74) is 6.44. The lowest BCUT2D eigenvalue weighted by Gasteiger charge is -2.30. The number of nitrogens with two attached hydrogens (primary N) is 1. The highest BCUT2D eigenvalue weighted by Crippen LogP contribution is 2.42. The molecule has 1 aromatic carbocycles. The maximum atomic E-state index is 13.8. The summed E-state index contributed by atoms with van der Waals surface area (Å²) in [4.78, 5) is 23.3. The van der Waals surface area contributed by atoms with Gasteiger partial charge in [0.25, 0.3) is 0 Å². The molecule has 1 aliphatic heterocycles. The quantitative estimate of drug-likeness (QED) is 0.414. The van der Waals surface area contributed by atoms with Gasteiger partial charge in [0.15, 0.2) is 11.5 Å². The van der Waals surface area contributed by atoms with Gasteiger partial charge in [-0.15, -0.1) is 11.8 Å². The van der Waals surface area contributed by atoms with Crippen LogP contribution in [-0.4, -0.2) is 40.1 Å². The van der Waals surface area contributed by atoms with Crippen LogP contribution in [0.2, 0.25) is 0 Å². The topological polar surface area (TPSA) is 116 Å². The van der Waals surface area contributed by atoms with Crippen molar-refractivity contribution in [2.75, 3.05) is 18.0 Å². The summed E-state index contributed by atoms with van der Waals surface area (Å²) < 4.78 is 14.8. The first-order chi connectivity index (χ1) is 15.7. The molecule has 0 amide bonds. The molecule has 10 heteroatoms. The lowest BCUT2D eigenvalue weighted by atomic mass is 9.99. The lowest BCUT2D eigenvalue weighted by Crippen LogP contribution is -2.33. The Morgan fingerprint density at radius 1 is 1.42 bits per heavy atom. The molecule has 1 aliphatic rings. The maximum Gasteiger partial charge on any atom is 0.355 e. The van der Waals surface area contributed by atoms with Crippen molar-refractivity contribution in [2.24, 2.45) is 16.6 Å². The zero-order valence-corrected chi connectivity index (χ0v) is 20.3. The van der Waals surface area contributed by atoms with E-state index in [4.69, 9.17) is 5.73 Å². The number of aliphatic imine (C=N–C) groups is 1. The molecule has 0 aliphatic carbocycles. The second-order valence-electron chi connectivity index (χ2n) is 8.00. The van der Waals surface area contributed by atoms with Crippen LogP contribution in [0.5, 0.6) is 0 Å². The SMILES string of the molecule is CC(N)=C(C(=Nc1nc(N2CCC(C#N)CC2)c(SC(C)C)s1)C(=O)O)c1cccc(F)c1. The zero-order chi connectivity index (χ0) is 24.1. The molecule has 174 valence electrons. The van der Waals surface area contributed by atoms with E-state index in [0.717, 1.165) is 22.9 Å². The van der Waals surface area contributed by atoms with Crippen LogP contribution in [0.25, 0.3) is 5.57 Å². The van der Waals surface area contributed by atoms with Crippen LogP contribution in [0.3, 0.4) is 0 Å². The van der Waals surface area contributed by atoms with Crippen molar-refractivity contribution in [2.45, 2.75) is 43.1 Å². The Balaban J connectivity index is 2.05. The number of piperidine rings is 1. The maximum absolute atomic E-state index is 13.8. The van der Waals surface area contributed by atoms with Gasteiger partial charge in [-0.3, -0.25) is 0 Å². The zero-order valence-electron chi connectivity index (χ0n) is 18.7. The van der Waals surface area contributed by atoms with Crippen LogP contribution < -0.4 is 10.6 Å². The number of benzene rings is 1. The predicted octanol–water partition coefficient (Wildman–Crippen LogP) is 5.07. The normalized spacial score (nSPS) is 16.0. The summed E-state index contributed by atoms with van der Waals surface area (Å²) in [6.07, 6.45) is 1.52. The standard InChI is InChI=1S/C23H26FN5O2S2/c1-13(2)32-22-20(29-9-7-15(12-25)8-10-29)28-23(33-22)27-19(21(30)31)18(14(3)26)16-5-4-6-17(24)11-16/h4-6,11,13,15H,7-10,26H2,1-3H3,(H,30,31). The monoisotopic (exact) mass is 487 g/mol. The Bertz CT molecular complexity index is 1120. The van der Waals surface area contributed by atoms with E-state index in [1.54, 1.807) is 24.8 Å². The summed E-state index contributed by atoms with van der Waals surface area (Å²) in [6, 6.07) is 7.94. The van der Waals surface area contributed by atoms with Gasteiger partial charge in [0.1, 0.15) is 10.0 Å². The number of carboxylic acid groups (broad SMARTS) is 1. The van der Waals surface area contributed by atoms with Crippen molar-refractivity contribution in [1.29, 1.82) is 5.26 Å². The molecule has 2 heterocycles. The van der Waals surface area contributed by atoms with Crippen LogP contribution >= 0.6 is 23.1 Å². The van der Waals surface area contributed by atoms with E-state index in [0.29, 0.717) is 29.0 Å². The average Bonchev–Trinajstić information content (AvgIpc) is 3.14. The third kappa shape index (κ3) is 6.12. The van der Waals surface area contributed by atoms with Gasteiger partial charge in [0.05, 0.1) is 6.07 Å². The van der Waals surface area contributed by atoms with E-state index in [2.05, 4.69) is 34.8 Å². The van der Waals surface area contributed by atoms with Crippen molar-refractivity contribution in [1.82, 2.24) is 4.98 Å². The van der Waals surface area contributed by atoms with Gasteiger partial charge in [-0.25, -0.2) is 14.2 Å². The molecule has 7 nitrogen and oxygen atoms in total. The van der Waals surface area contributed by atoms with Crippen LogP contribution in [0.1, 0.15) is 39.2 Å². The molecule has 0 bridgehead atoms. The van der Waals surface area contributed by atoms with Gasteiger partial charge in [0, 0.05) is 35.5 Å². The molecule has 0 atom stereocenters. The van der Waals surface area contributed by atoms with Gasteiger partial charge in [-0.2, -0.15) is 10.2 Å². The smallest absolute Gasteiger partial charge is 0.355 e. The fourth-order valence-electron chi connectivity index (χ4n) is 3.55. The first-order valence-electron chi connectivity index (χ1n) is 10.6. The molecular formula is C23H26FN5O2S2. The number of carboxylic acids is 1. The number of nitriles is 1. The van der Waals surface area contributed by atoms with Crippen molar-refractivity contribution in [3.63, 3.8) is 0 Å². The number of nitrogens with zero attached hydrogens (tertiary/aromatic N) is 4. The Labute approximate surface area is 200 Å². The number of aliphatic carboxylic acids is 1. The van der Waals surface area contributed by atoms with Crippen LogP contribution in [0.4, 0.5) is 15.3 Å². The predicted molar refractivity (Wildman–Crippen MR) is 132 cm³/mol. The first kappa shape index (κ1) is 24.7. The molecule has 0 spiro atoms. The highest BCUT2D eigenvalue weighted by molar-refractivity contribution is 8.01. The number of hydrogen-bond donors (Lipinski definition) is 2. The number of halogens is 1. The van der Waals surface area contributed by atoms with Gasteiger partial charge in [-0.1, -0.05) is 37.3 Å². The molecule has 0 radical (unpaired) electrons. The average molecular weight is 488 g/mol. The summed E-state index contributed by atoms with van der Waals surface area (Å²) in [5.74, 6) is -0.962. The van der Waals surface area contributed by atoms with E-state index in [1.165, 1.54) is 29.5 Å². The molecule has 33 heavy (non-hydrogen) atoms. The lowest BCUT2D eigenvalue weighted by molar-refractivity contribution is -0.129. The third-order valence-electron chi connectivity index (χ3n) is 5.04. The fourth-order valence-corrected chi connectivity index (χ4v) is 5.95. The number of thiazole rings is 1. The van der Waals surface area contributed by atoms with Crippen molar-refractivity contribution >= 4 is 51.3 Å². The van der Waals surface area contributed by atoms with Crippen LogP contribution in [-0.2, 0) is 4.79 Å². The molecule has 3 N–H and O–H groups in total. The number of rotatable bonds is 7. The second-order valence-corrected chi connectivity index (χ2v) is 10.8. The number of thioether (sulfide) groups is 1. The van der Waals surface area contributed by atoms with Crippen molar-refractivity contribution in [3.8, 4) is 6.07 Å². The van der Waals surface area contributed by atoms with E-state index in [-0.39, 0.29) is 22.9 Å². The second kappa shape index (κ2) is 10.8. The summed E-state index contributed by atoms with van der Waals surface area (Å²) in [7, 11) is 0. The van der Waals surface area contributed by atoms with E-state index < -0.39 is 11.8 Å². The molecule has 1 saturated heterocycles. The third-order valence-corrected chi connectivity index (χ3v) is 7.18. The molecule has 3 rings (SSSR count). The summed E-state index contributed by atoms with van der Waals surface area (Å²) >= 11 is 2.96. The minimum absolute atomic E-state index is 0.0451. The first-order valence-corrected chi connectivity index (χ1v) is 12.3. The molecule has 2 aromatic rings. The Hall–Kier alpha value is -2.90. The van der Waals surface area contributed by atoms with Crippen LogP contribution in [0.15, 0.2) is 39.2 Å². The van der Waals surface area contributed by atoms with E-state index in [1.807, 2.05) is 0 Å². The van der Waals surface area contributed by atoms with Crippen molar-refractivity contribution in [3.05, 3.63) is 41.3 Å². The number of aromatic nitrogens is 1. The highest BCUT2D eigenvalue weighted by Gasteiger charge is 2.26. The Morgan fingerprint density at radius 2 is 2.12 bits per heavy atom. The Morgan fingerprint density at radius 3 is 2.67 bits per heavy atom. The van der Waals surface area contributed by atoms with Gasteiger partial charge in [-0.05, 0) is 37.5 Å². The van der Waals surface area contributed by atoms with Crippen molar-refractivity contribution < 1.29 is 14.3 Å². The number of hydrogen-bond acceptors (Lipinski definition) is 8. The summed E-state index contributed by atoms with van der Waals surface area (Å²) in [6.45, 7) is 7.12. The van der Waals surface area contributed by atoms with E-state index in [9.17, 15) is 19.6 Å². The number of allylic oxidation sites excluding steroid dienone is 1. The molecule has 1 aromatic heterocycles. The van der Waals surface area contributed by atoms with Gasteiger partial charge < -0.3 is 15.7 Å². The largest absolute Gasteiger partial charge is 0.476 e. The molecule has 0 saturated carbocycles. The molecular weight excluding hydrogens is 461 g/mol. The fraction of sp³-hybridized carbons (Fsp3) is 0.391. The summed E-state index contributed by atoms with van der Waals surface area (Å²) in [5, 5.41) is 19.7.